The molecule has 132 valence electrons. The highest BCUT2D eigenvalue weighted by atomic mass is 16.5. The molecule has 2 amide bonds. The molecule has 0 aliphatic carbocycles. The zero-order valence-corrected chi connectivity index (χ0v) is 13.9. The Kier molecular flexibility index (Phi) is 6.69. The molecule has 7 heteroatoms. The number of carbonyl (C=O) groups excluding carboxylic acids is 2. The number of unbranched alkanes of at least 4 members (excludes halogenated alkanes) is 1. The van der Waals surface area contributed by atoms with Crippen LogP contribution in [0.25, 0.3) is 0 Å². The molecule has 1 aliphatic rings. The van der Waals surface area contributed by atoms with Crippen LogP contribution < -0.4 is 5.48 Å². The summed E-state index contributed by atoms with van der Waals surface area (Å²) in [5, 5.41) is 18.9. The Labute approximate surface area is 141 Å². The van der Waals surface area contributed by atoms with Crippen LogP contribution in [0, 0.1) is 5.92 Å². The van der Waals surface area contributed by atoms with Gasteiger partial charge in [-0.1, -0.05) is 25.8 Å². The lowest BCUT2D eigenvalue weighted by Crippen LogP contribution is -2.46. The second kappa shape index (κ2) is 8.75. The molecule has 2 rings (SSSR count). The van der Waals surface area contributed by atoms with E-state index < -0.39 is 17.9 Å². The second-order valence-corrected chi connectivity index (χ2v) is 6.15. The average Bonchev–Trinajstić information content (AvgIpc) is 3.11. The number of hydroxylamine groups is 1. The minimum Gasteiger partial charge on any atom is -0.382 e. The van der Waals surface area contributed by atoms with E-state index in [0.29, 0.717) is 13.0 Å². The van der Waals surface area contributed by atoms with E-state index in [1.807, 2.05) is 19.1 Å². The fourth-order valence-electron chi connectivity index (χ4n) is 3.25. The molecule has 2 heterocycles. The van der Waals surface area contributed by atoms with Gasteiger partial charge >= 0.3 is 0 Å². The number of likely N-dealkylation sites (tertiary alicyclic amines) is 1. The van der Waals surface area contributed by atoms with Gasteiger partial charge in [-0.25, -0.2) is 5.48 Å². The van der Waals surface area contributed by atoms with Crippen molar-refractivity contribution in [2.75, 3.05) is 6.54 Å². The molecular weight excluding hydrogens is 310 g/mol. The van der Waals surface area contributed by atoms with Crippen LogP contribution in [-0.2, 0) is 9.59 Å². The molecule has 0 aromatic carbocycles. The first-order chi connectivity index (χ1) is 11.6. The molecule has 24 heavy (non-hydrogen) atoms. The average molecular weight is 335 g/mol. The smallest absolute Gasteiger partial charge is 0.272 e. The summed E-state index contributed by atoms with van der Waals surface area (Å²) in [5.41, 5.74) is 2.40. The third kappa shape index (κ3) is 4.10. The zero-order valence-electron chi connectivity index (χ0n) is 13.9. The summed E-state index contributed by atoms with van der Waals surface area (Å²) in [6, 6.07) is 3.68. The molecule has 3 N–H and O–H groups in total. The number of aliphatic hydroxyl groups is 1. The molecule has 1 aromatic heterocycles. The largest absolute Gasteiger partial charge is 0.382 e. The molecule has 0 bridgehead atoms. The van der Waals surface area contributed by atoms with Gasteiger partial charge in [-0.15, -0.1) is 0 Å². The third-order valence-corrected chi connectivity index (χ3v) is 4.55. The van der Waals surface area contributed by atoms with Gasteiger partial charge in [0.25, 0.3) is 5.91 Å². The molecule has 3 unspecified atom stereocenters. The van der Waals surface area contributed by atoms with Crippen LogP contribution in [0.1, 0.15) is 50.6 Å². The van der Waals surface area contributed by atoms with Crippen LogP contribution in [0.15, 0.2) is 24.5 Å². The van der Waals surface area contributed by atoms with Crippen LogP contribution in [0.3, 0.4) is 0 Å². The summed E-state index contributed by atoms with van der Waals surface area (Å²) in [7, 11) is 0. The highest BCUT2D eigenvalue weighted by Crippen LogP contribution is 2.33. The lowest BCUT2D eigenvalue weighted by atomic mass is 9.93. The fraction of sp³-hybridized carbons (Fsp3) is 0.588. The second-order valence-electron chi connectivity index (χ2n) is 6.15. The van der Waals surface area contributed by atoms with Crippen LogP contribution in [0.5, 0.6) is 0 Å². The molecule has 1 fully saturated rings. The lowest BCUT2D eigenvalue weighted by molar-refractivity contribution is -0.151. The van der Waals surface area contributed by atoms with Crippen molar-refractivity contribution in [1.82, 2.24) is 15.4 Å². The number of aromatic nitrogens is 1. The van der Waals surface area contributed by atoms with Crippen LogP contribution >= 0.6 is 0 Å². The number of hydrogen-bond donors (Lipinski definition) is 3. The number of carbonyl (C=O) groups is 2. The van der Waals surface area contributed by atoms with Crippen molar-refractivity contribution in [2.24, 2.45) is 5.92 Å². The number of hydrogen-bond acceptors (Lipinski definition) is 5. The number of pyridine rings is 1. The van der Waals surface area contributed by atoms with Gasteiger partial charge in [0.2, 0.25) is 5.91 Å². The van der Waals surface area contributed by atoms with Gasteiger partial charge in [-0.2, -0.15) is 0 Å². The van der Waals surface area contributed by atoms with E-state index in [2.05, 4.69) is 4.98 Å². The highest BCUT2D eigenvalue weighted by Gasteiger charge is 2.39. The number of aliphatic hydroxyl groups excluding tert-OH is 1. The summed E-state index contributed by atoms with van der Waals surface area (Å²) >= 11 is 0. The summed E-state index contributed by atoms with van der Waals surface area (Å²) in [4.78, 5) is 30.4. The highest BCUT2D eigenvalue weighted by molar-refractivity contribution is 5.89. The van der Waals surface area contributed by atoms with Crippen LogP contribution in [-0.4, -0.2) is 44.7 Å². The number of amides is 2. The SMILES string of the molecule is CCCCC(C(=O)N1CCCC1c1cccnc1)C(O)C(=O)NO. The van der Waals surface area contributed by atoms with E-state index in [9.17, 15) is 14.7 Å². The third-order valence-electron chi connectivity index (χ3n) is 4.55. The molecule has 1 saturated heterocycles. The molecule has 1 aromatic rings. The summed E-state index contributed by atoms with van der Waals surface area (Å²) < 4.78 is 0. The van der Waals surface area contributed by atoms with Gasteiger partial charge in [0.15, 0.2) is 0 Å². The van der Waals surface area contributed by atoms with Gasteiger partial charge < -0.3 is 10.0 Å². The quantitative estimate of drug-likeness (QED) is 0.516. The van der Waals surface area contributed by atoms with Crippen molar-refractivity contribution in [3.8, 4) is 0 Å². The van der Waals surface area contributed by atoms with Gasteiger partial charge in [-0.3, -0.25) is 19.8 Å². The molecule has 3 atom stereocenters. The van der Waals surface area contributed by atoms with E-state index in [1.54, 1.807) is 17.3 Å². The Morgan fingerprint density at radius 2 is 2.29 bits per heavy atom. The van der Waals surface area contributed by atoms with Gasteiger partial charge in [-0.05, 0) is 30.9 Å². The van der Waals surface area contributed by atoms with E-state index >= 15 is 0 Å². The summed E-state index contributed by atoms with van der Waals surface area (Å²) in [6.07, 6.45) is 5.55. The summed E-state index contributed by atoms with van der Waals surface area (Å²) in [5.74, 6) is -2.04. The van der Waals surface area contributed by atoms with Crippen molar-refractivity contribution in [3.05, 3.63) is 30.1 Å². The van der Waals surface area contributed by atoms with Crippen molar-refractivity contribution in [1.29, 1.82) is 0 Å². The molecule has 0 saturated carbocycles. The molecule has 0 radical (unpaired) electrons. The number of nitrogens with zero attached hydrogens (tertiary/aromatic N) is 2. The lowest BCUT2D eigenvalue weighted by Gasteiger charge is -2.30. The fourth-order valence-corrected chi connectivity index (χ4v) is 3.25. The normalized spacial score (nSPS) is 19.8. The minimum absolute atomic E-state index is 0.0836. The maximum atomic E-state index is 13.0. The van der Waals surface area contributed by atoms with Crippen LogP contribution in [0.4, 0.5) is 0 Å². The summed E-state index contributed by atoms with van der Waals surface area (Å²) in [6.45, 7) is 2.57. The Morgan fingerprint density at radius 1 is 1.50 bits per heavy atom. The Morgan fingerprint density at radius 3 is 2.92 bits per heavy atom. The Hall–Kier alpha value is -1.99. The predicted molar refractivity (Wildman–Crippen MR) is 86.9 cm³/mol. The Bertz CT molecular complexity index is 552. The maximum absolute atomic E-state index is 13.0. The molecule has 7 nitrogen and oxygen atoms in total. The van der Waals surface area contributed by atoms with Gasteiger partial charge in [0, 0.05) is 18.9 Å². The predicted octanol–water partition coefficient (Wildman–Crippen LogP) is 1.42. The maximum Gasteiger partial charge on any atom is 0.272 e. The van der Waals surface area contributed by atoms with E-state index in [-0.39, 0.29) is 11.9 Å². The first-order valence-electron chi connectivity index (χ1n) is 8.42. The van der Waals surface area contributed by atoms with Gasteiger partial charge in [0.1, 0.15) is 6.10 Å². The van der Waals surface area contributed by atoms with E-state index in [1.165, 1.54) is 5.48 Å². The topological polar surface area (TPSA) is 103 Å². The molecule has 1 aliphatic heterocycles. The first-order valence-corrected chi connectivity index (χ1v) is 8.42. The van der Waals surface area contributed by atoms with Crippen molar-refractivity contribution < 1.29 is 19.9 Å². The monoisotopic (exact) mass is 335 g/mol. The van der Waals surface area contributed by atoms with E-state index in [0.717, 1.165) is 31.2 Å². The number of nitrogens with one attached hydrogen (secondary N) is 1. The number of rotatable bonds is 7. The van der Waals surface area contributed by atoms with Crippen molar-refractivity contribution >= 4 is 11.8 Å². The van der Waals surface area contributed by atoms with Crippen LogP contribution in [0.2, 0.25) is 0 Å². The molecule has 0 spiro atoms. The van der Waals surface area contributed by atoms with E-state index in [4.69, 9.17) is 5.21 Å². The standard InChI is InChI=1S/C17H25N3O4/c1-2-3-7-13(15(21)16(22)19-24)17(23)20-10-5-8-14(20)12-6-4-9-18-11-12/h4,6,9,11,13-15,21,24H,2-3,5,7-8,10H2,1H3,(H,19,22). The minimum atomic E-state index is -1.55. The Balaban J connectivity index is 2.19. The van der Waals surface area contributed by atoms with Gasteiger partial charge in [0.05, 0.1) is 12.0 Å². The van der Waals surface area contributed by atoms with Crippen molar-refractivity contribution in [3.63, 3.8) is 0 Å². The first kappa shape index (κ1) is 18.4. The molecular formula is C17H25N3O4. The van der Waals surface area contributed by atoms with Crippen molar-refractivity contribution in [2.45, 2.75) is 51.2 Å². The zero-order chi connectivity index (χ0) is 17.5.